The molecule has 0 saturated carbocycles. The Hall–Kier alpha value is -2.25. The summed E-state index contributed by atoms with van der Waals surface area (Å²) in [6, 6.07) is 15.7. The number of ether oxygens (including phenoxy) is 1. The van der Waals surface area contributed by atoms with Crippen molar-refractivity contribution in [3.63, 3.8) is 0 Å². The van der Waals surface area contributed by atoms with Gasteiger partial charge in [-0.3, -0.25) is 14.5 Å². The zero-order chi connectivity index (χ0) is 26.0. The van der Waals surface area contributed by atoms with Crippen molar-refractivity contribution in [2.24, 2.45) is 0 Å². The highest BCUT2D eigenvalue weighted by atomic mass is 127. The van der Waals surface area contributed by atoms with Gasteiger partial charge in [0.2, 0.25) is 0 Å². The molecule has 1 aliphatic heterocycles. The highest BCUT2D eigenvalue weighted by Crippen LogP contribution is 2.39. The van der Waals surface area contributed by atoms with Gasteiger partial charge in [-0.2, -0.15) is 8.42 Å². The van der Waals surface area contributed by atoms with Gasteiger partial charge in [-0.1, -0.05) is 41.4 Å². The summed E-state index contributed by atoms with van der Waals surface area (Å²) >= 11 is 14.7. The van der Waals surface area contributed by atoms with Gasteiger partial charge in [-0.25, -0.2) is 0 Å². The standard InChI is InChI=1S/C24H16Cl2INO6S2/c1-33-20-11-14(10-19(27)22(20)34-36(31,32)17-8-6-16(25)7-9-17)12-21-23(29)28(24(30)35-21)13-15-4-2-3-5-18(15)26/h2-12H,13H2,1H3/b21-12-. The summed E-state index contributed by atoms with van der Waals surface area (Å²) in [7, 11) is -2.79. The summed E-state index contributed by atoms with van der Waals surface area (Å²) in [4.78, 5) is 26.7. The van der Waals surface area contributed by atoms with Crippen LogP contribution in [0.5, 0.6) is 11.5 Å². The molecule has 4 rings (SSSR count). The molecule has 1 aliphatic rings. The van der Waals surface area contributed by atoms with Crippen molar-refractivity contribution < 1.29 is 26.9 Å². The lowest BCUT2D eigenvalue weighted by Crippen LogP contribution is -2.27. The Bertz CT molecular complexity index is 1490. The summed E-state index contributed by atoms with van der Waals surface area (Å²) in [5, 5.41) is 0.438. The topological polar surface area (TPSA) is 90.0 Å². The molecule has 12 heteroatoms. The van der Waals surface area contributed by atoms with Crippen LogP contribution >= 0.6 is 57.6 Å². The molecule has 3 aromatic carbocycles. The fourth-order valence-electron chi connectivity index (χ4n) is 3.25. The van der Waals surface area contributed by atoms with Gasteiger partial charge in [0.1, 0.15) is 4.90 Å². The average Bonchev–Trinajstić information content (AvgIpc) is 3.09. The summed E-state index contributed by atoms with van der Waals surface area (Å²) < 4.78 is 36.7. The zero-order valence-electron chi connectivity index (χ0n) is 18.4. The average molecular weight is 676 g/mol. The first-order chi connectivity index (χ1) is 17.1. The molecule has 1 saturated heterocycles. The molecule has 1 fully saturated rings. The van der Waals surface area contributed by atoms with Gasteiger partial charge in [0.15, 0.2) is 11.5 Å². The Kier molecular flexibility index (Phi) is 8.20. The Morgan fingerprint density at radius 1 is 1.06 bits per heavy atom. The van der Waals surface area contributed by atoms with E-state index in [0.29, 0.717) is 24.7 Å². The third kappa shape index (κ3) is 5.83. The minimum Gasteiger partial charge on any atom is -0.493 e. The van der Waals surface area contributed by atoms with Gasteiger partial charge in [0, 0.05) is 10.0 Å². The number of benzene rings is 3. The van der Waals surface area contributed by atoms with E-state index in [-0.39, 0.29) is 27.8 Å². The van der Waals surface area contributed by atoms with Gasteiger partial charge in [-0.15, -0.1) is 0 Å². The van der Waals surface area contributed by atoms with E-state index in [1.165, 1.54) is 37.4 Å². The molecule has 0 N–H and O–H groups in total. The number of halogens is 3. The van der Waals surface area contributed by atoms with Crippen molar-refractivity contribution >= 4 is 84.9 Å². The van der Waals surface area contributed by atoms with Crippen LogP contribution in [0.2, 0.25) is 10.0 Å². The third-order valence-corrected chi connectivity index (χ3v) is 8.57. The van der Waals surface area contributed by atoms with Crippen LogP contribution < -0.4 is 8.92 Å². The minimum atomic E-state index is -4.16. The Balaban J connectivity index is 1.60. The predicted molar refractivity (Wildman–Crippen MR) is 148 cm³/mol. The third-order valence-electron chi connectivity index (χ3n) is 5.00. The molecular weight excluding hydrogens is 660 g/mol. The molecule has 186 valence electrons. The molecule has 7 nitrogen and oxygen atoms in total. The lowest BCUT2D eigenvalue weighted by atomic mass is 10.1. The predicted octanol–water partition coefficient (Wildman–Crippen LogP) is 6.61. The van der Waals surface area contributed by atoms with E-state index in [9.17, 15) is 18.0 Å². The highest BCUT2D eigenvalue weighted by Gasteiger charge is 2.35. The maximum Gasteiger partial charge on any atom is 0.339 e. The van der Waals surface area contributed by atoms with Crippen LogP contribution in [0.3, 0.4) is 0 Å². The number of thioether (sulfide) groups is 1. The largest absolute Gasteiger partial charge is 0.493 e. The molecule has 0 spiro atoms. The molecule has 36 heavy (non-hydrogen) atoms. The fraction of sp³-hybridized carbons (Fsp3) is 0.0833. The SMILES string of the molecule is COc1cc(/C=C2\SC(=O)N(Cc3ccccc3Cl)C2=O)cc(I)c1OS(=O)(=O)c1ccc(Cl)cc1. The Labute approximate surface area is 235 Å². The van der Waals surface area contributed by atoms with E-state index < -0.39 is 21.3 Å². The zero-order valence-corrected chi connectivity index (χ0v) is 23.7. The molecule has 0 unspecified atom stereocenters. The molecule has 0 aliphatic carbocycles. The van der Waals surface area contributed by atoms with Gasteiger partial charge in [-0.05, 0) is 94.0 Å². The van der Waals surface area contributed by atoms with Crippen molar-refractivity contribution in [3.8, 4) is 11.5 Å². The minimum absolute atomic E-state index is 0.00276. The first-order valence-corrected chi connectivity index (χ1v) is 14.2. The van der Waals surface area contributed by atoms with Crippen molar-refractivity contribution in [2.75, 3.05) is 7.11 Å². The number of imide groups is 1. The first-order valence-electron chi connectivity index (χ1n) is 10.2. The lowest BCUT2D eigenvalue weighted by Gasteiger charge is -2.14. The van der Waals surface area contributed by atoms with Crippen molar-refractivity contribution in [1.82, 2.24) is 4.90 Å². The van der Waals surface area contributed by atoms with Crippen LogP contribution in [0.1, 0.15) is 11.1 Å². The van der Waals surface area contributed by atoms with E-state index in [0.717, 1.165) is 16.7 Å². The summed E-state index contributed by atoms with van der Waals surface area (Å²) in [5.74, 6) is -0.317. The van der Waals surface area contributed by atoms with Gasteiger partial charge in [0.25, 0.3) is 11.1 Å². The van der Waals surface area contributed by atoms with E-state index in [2.05, 4.69) is 0 Å². The van der Waals surface area contributed by atoms with Gasteiger partial charge < -0.3 is 8.92 Å². The number of hydrogen-bond acceptors (Lipinski definition) is 7. The van der Waals surface area contributed by atoms with E-state index >= 15 is 0 Å². The van der Waals surface area contributed by atoms with Crippen LogP contribution in [-0.4, -0.2) is 31.6 Å². The van der Waals surface area contributed by atoms with Crippen LogP contribution in [0.4, 0.5) is 4.79 Å². The van der Waals surface area contributed by atoms with Crippen molar-refractivity contribution in [2.45, 2.75) is 11.4 Å². The van der Waals surface area contributed by atoms with Crippen LogP contribution in [0.15, 0.2) is 70.5 Å². The smallest absolute Gasteiger partial charge is 0.339 e. The number of nitrogens with zero attached hydrogens (tertiary/aromatic N) is 1. The first kappa shape index (κ1) is 26.8. The number of methoxy groups -OCH3 is 1. The fourth-order valence-corrected chi connectivity index (χ4v) is 6.25. The maximum absolute atomic E-state index is 12.9. The summed E-state index contributed by atoms with van der Waals surface area (Å²) in [6.07, 6.45) is 1.54. The van der Waals surface area contributed by atoms with Crippen molar-refractivity contribution in [3.05, 3.63) is 90.3 Å². The lowest BCUT2D eigenvalue weighted by molar-refractivity contribution is -0.123. The molecule has 0 bridgehead atoms. The Morgan fingerprint density at radius 3 is 2.42 bits per heavy atom. The summed E-state index contributed by atoms with van der Waals surface area (Å²) in [6.45, 7) is 0.0534. The highest BCUT2D eigenvalue weighted by molar-refractivity contribution is 14.1. The number of rotatable bonds is 7. The van der Waals surface area contributed by atoms with Gasteiger partial charge >= 0.3 is 10.1 Å². The number of hydrogen-bond donors (Lipinski definition) is 0. The Morgan fingerprint density at radius 2 is 1.75 bits per heavy atom. The number of carbonyl (C=O) groups excluding carboxylic acids is 2. The molecule has 0 aromatic heterocycles. The van der Waals surface area contributed by atoms with E-state index in [1.54, 1.807) is 36.4 Å². The quantitative estimate of drug-likeness (QED) is 0.158. The molecular formula is C24H16Cl2INO6S2. The van der Waals surface area contributed by atoms with E-state index in [1.807, 2.05) is 22.6 Å². The van der Waals surface area contributed by atoms with Gasteiger partial charge in [0.05, 0.1) is 22.1 Å². The number of carbonyl (C=O) groups is 2. The second-order valence-corrected chi connectivity index (χ2v) is 11.9. The molecule has 2 amide bonds. The maximum atomic E-state index is 12.9. The van der Waals surface area contributed by atoms with Crippen molar-refractivity contribution in [1.29, 1.82) is 0 Å². The number of amides is 2. The molecule has 0 radical (unpaired) electrons. The molecule has 0 atom stereocenters. The molecule has 3 aromatic rings. The summed E-state index contributed by atoms with van der Waals surface area (Å²) in [5.41, 5.74) is 1.18. The monoisotopic (exact) mass is 675 g/mol. The van der Waals surface area contributed by atoms with Crippen LogP contribution in [0.25, 0.3) is 6.08 Å². The van der Waals surface area contributed by atoms with E-state index in [4.69, 9.17) is 32.1 Å². The second-order valence-electron chi connectivity index (χ2n) is 7.38. The van der Waals surface area contributed by atoms with Crippen LogP contribution in [-0.2, 0) is 21.5 Å². The molecule has 1 heterocycles. The normalized spacial score (nSPS) is 15.0. The second kappa shape index (κ2) is 11.0. The van der Waals surface area contributed by atoms with Crippen LogP contribution in [0, 0.1) is 3.57 Å².